The minimum absolute atomic E-state index is 0.120. The molecule has 1 fully saturated rings. The lowest BCUT2D eigenvalue weighted by atomic mass is 9.93. The van der Waals surface area contributed by atoms with Crippen LogP contribution in [0, 0.1) is 0 Å². The van der Waals surface area contributed by atoms with Gasteiger partial charge < -0.3 is 10.6 Å². The Labute approximate surface area is 136 Å². The van der Waals surface area contributed by atoms with Gasteiger partial charge in [-0.25, -0.2) is 0 Å². The van der Waals surface area contributed by atoms with Crippen LogP contribution in [-0.2, 0) is 4.79 Å². The maximum atomic E-state index is 12.8. The molecule has 1 aromatic heterocycles. The normalized spacial score (nSPS) is 21.8. The maximum Gasteiger partial charge on any atom is 0.252 e. The van der Waals surface area contributed by atoms with Crippen LogP contribution in [0.1, 0.15) is 73.5 Å². The third-order valence-electron chi connectivity index (χ3n) is 4.85. The van der Waals surface area contributed by atoms with Crippen LogP contribution >= 0.6 is 0 Å². The molecule has 1 atom stereocenters. The van der Waals surface area contributed by atoms with Crippen molar-refractivity contribution >= 4 is 11.8 Å². The van der Waals surface area contributed by atoms with Crippen molar-refractivity contribution in [1.29, 1.82) is 0 Å². The van der Waals surface area contributed by atoms with Crippen LogP contribution in [0.25, 0.3) is 0 Å². The number of aromatic nitrogens is 2. The molecule has 0 radical (unpaired) electrons. The van der Waals surface area contributed by atoms with Crippen LogP contribution in [-0.4, -0.2) is 33.5 Å². The molecule has 2 aliphatic rings. The van der Waals surface area contributed by atoms with E-state index in [2.05, 4.69) is 16.3 Å². The molecule has 1 aromatic rings. The van der Waals surface area contributed by atoms with Gasteiger partial charge in [-0.2, -0.15) is 5.10 Å². The van der Waals surface area contributed by atoms with E-state index in [9.17, 15) is 9.59 Å². The van der Waals surface area contributed by atoms with Crippen molar-refractivity contribution in [3.8, 4) is 0 Å². The van der Waals surface area contributed by atoms with E-state index in [4.69, 9.17) is 5.73 Å². The summed E-state index contributed by atoms with van der Waals surface area (Å²) in [6, 6.07) is -0.120. The highest BCUT2D eigenvalue weighted by Crippen LogP contribution is 2.33. The molecule has 23 heavy (non-hydrogen) atoms. The zero-order chi connectivity index (χ0) is 16.2. The molecular formula is C17H24N4O2. The largest absolute Gasteiger partial charge is 0.365 e. The highest BCUT2D eigenvalue weighted by atomic mass is 16.2. The van der Waals surface area contributed by atoms with Gasteiger partial charge in [-0.1, -0.05) is 11.6 Å². The molecule has 3 rings (SSSR count). The Morgan fingerprint density at radius 1 is 1.30 bits per heavy atom. The Hall–Kier alpha value is -2.11. The van der Waals surface area contributed by atoms with Crippen molar-refractivity contribution in [2.75, 3.05) is 6.54 Å². The van der Waals surface area contributed by atoms with Crippen molar-refractivity contribution in [3.63, 3.8) is 0 Å². The highest BCUT2D eigenvalue weighted by molar-refractivity contribution is 5.94. The molecule has 6 heteroatoms. The van der Waals surface area contributed by atoms with Crippen LogP contribution < -0.4 is 5.73 Å². The van der Waals surface area contributed by atoms with E-state index < -0.39 is 5.91 Å². The number of primary amides is 1. The summed E-state index contributed by atoms with van der Waals surface area (Å²) < 4.78 is 0. The first-order valence-corrected chi connectivity index (χ1v) is 8.47. The third-order valence-corrected chi connectivity index (χ3v) is 4.85. The number of H-pyrrole nitrogens is 1. The number of carbonyl (C=O) groups excluding carboxylic acids is 2. The minimum atomic E-state index is -0.498. The van der Waals surface area contributed by atoms with Crippen molar-refractivity contribution in [2.24, 2.45) is 5.73 Å². The Morgan fingerprint density at radius 2 is 2.17 bits per heavy atom. The molecule has 1 aliphatic carbocycles. The molecule has 1 saturated heterocycles. The number of nitrogens with zero attached hydrogens (tertiary/aromatic N) is 2. The van der Waals surface area contributed by atoms with Gasteiger partial charge in [0.25, 0.3) is 5.91 Å². The summed E-state index contributed by atoms with van der Waals surface area (Å²) in [6.07, 6.45) is 11.6. The number of hydrogen-bond acceptors (Lipinski definition) is 3. The first-order valence-electron chi connectivity index (χ1n) is 8.47. The van der Waals surface area contributed by atoms with E-state index in [0.717, 1.165) is 38.6 Å². The molecule has 6 nitrogen and oxygen atoms in total. The Morgan fingerprint density at radius 3 is 2.91 bits per heavy atom. The average molecular weight is 316 g/mol. The Kier molecular flexibility index (Phi) is 4.79. The smallest absolute Gasteiger partial charge is 0.252 e. The molecule has 0 bridgehead atoms. The Bertz CT molecular complexity index is 620. The van der Waals surface area contributed by atoms with Crippen LogP contribution in [0.15, 0.2) is 17.8 Å². The van der Waals surface area contributed by atoms with Crippen LogP contribution in [0.5, 0.6) is 0 Å². The van der Waals surface area contributed by atoms with Gasteiger partial charge in [0.05, 0.1) is 23.5 Å². The van der Waals surface area contributed by atoms with Gasteiger partial charge >= 0.3 is 0 Å². The highest BCUT2D eigenvalue weighted by Gasteiger charge is 2.31. The van der Waals surface area contributed by atoms with E-state index >= 15 is 0 Å². The molecule has 3 N–H and O–H groups in total. The summed E-state index contributed by atoms with van der Waals surface area (Å²) in [6.45, 7) is 0.730. The Balaban J connectivity index is 1.78. The second kappa shape index (κ2) is 6.98. The molecule has 1 unspecified atom stereocenters. The number of carbonyl (C=O) groups is 2. The number of hydrogen-bond donors (Lipinski definition) is 2. The van der Waals surface area contributed by atoms with Gasteiger partial charge in [0.15, 0.2) is 0 Å². The first-order chi connectivity index (χ1) is 11.2. The van der Waals surface area contributed by atoms with Gasteiger partial charge in [0, 0.05) is 13.0 Å². The maximum absolute atomic E-state index is 12.8. The SMILES string of the molecule is NC(=O)c1cn[nH]c1C1CCCCN1C(=O)CC1=CCCCC1. The zero-order valence-electron chi connectivity index (χ0n) is 13.4. The summed E-state index contributed by atoms with van der Waals surface area (Å²) in [5.41, 5.74) is 7.76. The quantitative estimate of drug-likeness (QED) is 0.836. The predicted octanol–water partition coefficient (Wildman–Crippen LogP) is 2.45. The van der Waals surface area contributed by atoms with Gasteiger partial charge in [-0.15, -0.1) is 0 Å². The second-order valence-corrected chi connectivity index (χ2v) is 6.45. The van der Waals surface area contributed by atoms with E-state index in [-0.39, 0.29) is 11.9 Å². The lowest BCUT2D eigenvalue weighted by Gasteiger charge is -2.36. The molecule has 0 aromatic carbocycles. The summed E-state index contributed by atoms with van der Waals surface area (Å²) >= 11 is 0. The van der Waals surface area contributed by atoms with Gasteiger partial charge in [-0.3, -0.25) is 14.7 Å². The van der Waals surface area contributed by atoms with Crippen LogP contribution in [0.2, 0.25) is 0 Å². The number of allylic oxidation sites excluding steroid dienone is 1. The van der Waals surface area contributed by atoms with E-state index in [1.807, 2.05) is 4.90 Å². The predicted molar refractivity (Wildman–Crippen MR) is 86.6 cm³/mol. The fourth-order valence-corrected chi connectivity index (χ4v) is 3.64. The van der Waals surface area contributed by atoms with E-state index in [0.29, 0.717) is 17.7 Å². The van der Waals surface area contributed by atoms with Gasteiger partial charge in [0.2, 0.25) is 5.91 Å². The summed E-state index contributed by atoms with van der Waals surface area (Å²) in [4.78, 5) is 26.3. The minimum Gasteiger partial charge on any atom is -0.365 e. The van der Waals surface area contributed by atoms with E-state index in [1.165, 1.54) is 24.6 Å². The van der Waals surface area contributed by atoms with Crippen LogP contribution in [0.4, 0.5) is 0 Å². The molecule has 124 valence electrons. The van der Waals surface area contributed by atoms with Gasteiger partial charge in [-0.05, 0) is 44.9 Å². The number of amides is 2. The molecular weight excluding hydrogens is 292 g/mol. The number of piperidine rings is 1. The lowest BCUT2D eigenvalue weighted by molar-refractivity contribution is -0.134. The number of rotatable bonds is 4. The molecule has 0 spiro atoms. The number of aromatic amines is 1. The fraction of sp³-hybridized carbons (Fsp3) is 0.588. The molecule has 1 aliphatic heterocycles. The summed E-state index contributed by atoms with van der Waals surface area (Å²) in [5.74, 6) is -0.352. The van der Waals surface area contributed by atoms with Crippen molar-refractivity contribution in [3.05, 3.63) is 29.1 Å². The number of likely N-dealkylation sites (tertiary alicyclic amines) is 1. The first kappa shape index (κ1) is 15.8. The molecule has 2 heterocycles. The van der Waals surface area contributed by atoms with Crippen molar-refractivity contribution in [1.82, 2.24) is 15.1 Å². The summed E-state index contributed by atoms with van der Waals surface area (Å²) in [5, 5.41) is 6.84. The van der Waals surface area contributed by atoms with Crippen LogP contribution in [0.3, 0.4) is 0 Å². The zero-order valence-corrected chi connectivity index (χ0v) is 13.4. The third kappa shape index (κ3) is 3.46. The fourth-order valence-electron chi connectivity index (χ4n) is 3.64. The number of nitrogens with two attached hydrogens (primary N) is 1. The topological polar surface area (TPSA) is 92.1 Å². The second-order valence-electron chi connectivity index (χ2n) is 6.45. The van der Waals surface area contributed by atoms with Crippen molar-refractivity contribution in [2.45, 2.75) is 57.4 Å². The molecule has 0 saturated carbocycles. The van der Waals surface area contributed by atoms with Gasteiger partial charge in [0.1, 0.15) is 0 Å². The molecule has 2 amide bonds. The summed E-state index contributed by atoms with van der Waals surface area (Å²) in [7, 11) is 0. The van der Waals surface area contributed by atoms with Crippen molar-refractivity contribution < 1.29 is 9.59 Å². The standard InChI is InChI=1S/C17H24N4O2/c18-17(23)13-11-19-20-16(13)14-8-4-5-9-21(14)15(22)10-12-6-2-1-3-7-12/h6,11,14H,1-5,7-10H2,(H2,18,23)(H,19,20). The average Bonchev–Trinajstić information content (AvgIpc) is 3.05. The lowest BCUT2D eigenvalue weighted by Crippen LogP contribution is -2.39. The van der Waals surface area contributed by atoms with E-state index in [1.54, 1.807) is 0 Å². The monoisotopic (exact) mass is 316 g/mol. The number of nitrogens with one attached hydrogen (secondary N) is 1.